The van der Waals surface area contributed by atoms with Crippen molar-refractivity contribution in [2.24, 2.45) is 0 Å². The molecule has 3 rings (SSSR count). The van der Waals surface area contributed by atoms with Gasteiger partial charge in [-0.05, 0) is 0 Å². The van der Waals surface area contributed by atoms with Crippen LogP contribution in [0, 0.1) is 0 Å². The molecule has 1 aromatic rings. The maximum absolute atomic E-state index is 2.47. The van der Waals surface area contributed by atoms with Gasteiger partial charge in [-0.1, -0.05) is 0 Å². The van der Waals surface area contributed by atoms with Crippen molar-refractivity contribution in [2.45, 2.75) is 42.2 Å². The standard InChI is InChI=1S/C13H13.C8H11.Pt/c1-10-8-9-13(11(10)2)12-6-4-3-5-7-12;1-6-4-5-7(2)8(6)3;/h3-9H,1-2H3;4-5H,1-3H3;/q;;+2. The number of benzene rings is 1. The molecule has 0 aromatic heterocycles. The average molecular weight is 472 g/mol. The number of hydrogen-bond donors (Lipinski definition) is 0. The molecule has 0 bridgehead atoms. The predicted octanol–water partition coefficient (Wildman–Crippen LogP) is 5.96. The SMILES string of the molecule is CC1=C(C)[C](C)([Pt+2][C]2(c3ccccc3)C=CC(C)=C2C)C=C1. The molecule has 116 valence electrons. The second-order valence-electron chi connectivity index (χ2n) is 6.40. The van der Waals surface area contributed by atoms with Gasteiger partial charge in [-0.25, -0.2) is 0 Å². The Hall–Kier alpha value is -1.13. The van der Waals surface area contributed by atoms with E-state index >= 15 is 0 Å². The summed E-state index contributed by atoms with van der Waals surface area (Å²) in [5, 5.41) is 0. The molecule has 0 heterocycles. The van der Waals surface area contributed by atoms with Crippen LogP contribution in [0.3, 0.4) is 0 Å². The van der Waals surface area contributed by atoms with E-state index in [1.165, 1.54) is 16.7 Å². The summed E-state index contributed by atoms with van der Waals surface area (Å²) in [6.45, 7) is 11.6. The average Bonchev–Trinajstić information content (AvgIpc) is 2.95. The Bertz CT molecular complexity index is 718. The summed E-state index contributed by atoms with van der Waals surface area (Å²) in [5.74, 6) is 0. The molecule has 0 nitrogen and oxygen atoms in total. The van der Waals surface area contributed by atoms with Gasteiger partial charge in [0.25, 0.3) is 0 Å². The second kappa shape index (κ2) is 5.50. The van der Waals surface area contributed by atoms with Crippen LogP contribution < -0.4 is 0 Å². The zero-order chi connectivity index (χ0) is 16.0. The molecule has 2 atom stereocenters. The van der Waals surface area contributed by atoms with Crippen LogP contribution in [0.1, 0.15) is 40.2 Å². The van der Waals surface area contributed by atoms with E-state index in [0.29, 0.717) is 0 Å². The molecule has 0 fully saturated rings. The molecular formula is C21H24Pt+2. The van der Waals surface area contributed by atoms with Crippen LogP contribution in [0.2, 0.25) is 3.80 Å². The fraction of sp³-hybridized carbons (Fsp3) is 0.333. The van der Waals surface area contributed by atoms with Gasteiger partial charge in [0, 0.05) is 0 Å². The minimum absolute atomic E-state index is 0.135. The molecule has 0 aliphatic heterocycles. The van der Waals surface area contributed by atoms with E-state index in [0.717, 1.165) is 0 Å². The molecule has 0 radical (unpaired) electrons. The van der Waals surface area contributed by atoms with Crippen LogP contribution >= 0.6 is 0 Å². The van der Waals surface area contributed by atoms with Crippen molar-refractivity contribution in [2.75, 3.05) is 0 Å². The van der Waals surface area contributed by atoms with Gasteiger partial charge >= 0.3 is 143 Å². The van der Waals surface area contributed by atoms with Crippen molar-refractivity contribution in [3.8, 4) is 0 Å². The Labute approximate surface area is 143 Å². The molecule has 2 aliphatic rings. The summed E-state index contributed by atoms with van der Waals surface area (Å²) < 4.78 is 0.381. The quantitative estimate of drug-likeness (QED) is 0.511. The van der Waals surface area contributed by atoms with Gasteiger partial charge in [0.2, 0.25) is 0 Å². The molecule has 0 spiro atoms. The fourth-order valence-corrected chi connectivity index (χ4v) is 8.19. The van der Waals surface area contributed by atoms with Crippen LogP contribution in [0.4, 0.5) is 0 Å². The van der Waals surface area contributed by atoms with Gasteiger partial charge < -0.3 is 0 Å². The van der Waals surface area contributed by atoms with Gasteiger partial charge in [0.05, 0.1) is 0 Å². The van der Waals surface area contributed by atoms with Gasteiger partial charge in [-0.15, -0.1) is 0 Å². The van der Waals surface area contributed by atoms with Crippen molar-refractivity contribution < 1.29 is 18.6 Å². The summed E-state index contributed by atoms with van der Waals surface area (Å²) in [4.78, 5) is 0. The molecule has 1 aromatic carbocycles. The van der Waals surface area contributed by atoms with Crippen LogP contribution in [0.5, 0.6) is 0 Å². The summed E-state index contributed by atoms with van der Waals surface area (Å²) in [7, 11) is 0. The molecular weight excluding hydrogens is 447 g/mol. The van der Waals surface area contributed by atoms with E-state index in [1.54, 1.807) is 11.1 Å². The van der Waals surface area contributed by atoms with Crippen molar-refractivity contribution in [3.63, 3.8) is 0 Å². The third-order valence-electron chi connectivity index (χ3n) is 5.07. The first-order valence-electron chi connectivity index (χ1n) is 7.80. The summed E-state index contributed by atoms with van der Waals surface area (Å²) >= 11 is -0.168. The predicted molar refractivity (Wildman–Crippen MR) is 91.5 cm³/mol. The first kappa shape index (κ1) is 15.8. The zero-order valence-electron chi connectivity index (χ0n) is 14.0. The van der Waals surface area contributed by atoms with Crippen LogP contribution in [-0.2, 0) is 22.4 Å². The third-order valence-corrected chi connectivity index (χ3v) is 10.3. The van der Waals surface area contributed by atoms with Crippen molar-refractivity contribution in [1.29, 1.82) is 0 Å². The topological polar surface area (TPSA) is 0 Å². The van der Waals surface area contributed by atoms with E-state index in [4.69, 9.17) is 0 Å². The fourth-order valence-electron chi connectivity index (χ4n) is 3.12. The van der Waals surface area contributed by atoms with Gasteiger partial charge in [0.15, 0.2) is 0 Å². The van der Waals surface area contributed by atoms with E-state index in [1.807, 2.05) is 0 Å². The van der Waals surface area contributed by atoms with E-state index < -0.39 is 0 Å². The third kappa shape index (κ3) is 2.33. The molecule has 0 saturated carbocycles. The van der Waals surface area contributed by atoms with Gasteiger partial charge in [-0.3, -0.25) is 0 Å². The Morgan fingerprint density at radius 3 is 1.86 bits per heavy atom. The van der Waals surface area contributed by atoms with Crippen molar-refractivity contribution in [3.05, 3.63) is 82.5 Å². The van der Waals surface area contributed by atoms with E-state index in [2.05, 4.69) is 89.3 Å². The molecule has 2 aliphatic carbocycles. The molecule has 2 unspecified atom stereocenters. The van der Waals surface area contributed by atoms with E-state index in [-0.39, 0.29) is 26.2 Å². The Morgan fingerprint density at radius 2 is 1.36 bits per heavy atom. The Kier molecular flexibility index (Phi) is 3.94. The summed E-state index contributed by atoms with van der Waals surface area (Å²) in [6.07, 6.45) is 9.57. The molecule has 22 heavy (non-hydrogen) atoms. The monoisotopic (exact) mass is 471 g/mol. The minimum atomic E-state index is -0.168. The first-order chi connectivity index (χ1) is 10.4. The Balaban J connectivity index is 2.11. The molecule has 1 heteroatoms. The molecule has 0 amide bonds. The van der Waals surface area contributed by atoms with Gasteiger partial charge in [-0.2, -0.15) is 0 Å². The van der Waals surface area contributed by atoms with Gasteiger partial charge in [0.1, 0.15) is 0 Å². The number of hydrogen-bond acceptors (Lipinski definition) is 0. The maximum atomic E-state index is 2.47. The number of rotatable bonds is 3. The van der Waals surface area contributed by atoms with E-state index in [9.17, 15) is 0 Å². The zero-order valence-corrected chi connectivity index (χ0v) is 16.3. The Morgan fingerprint density at radius 1 is 0.773 bits per heavy atom. The summed E-state index contributed by atoms with van der Waals surface area (Å²) in [6, 6.07) is 11.1. The molecule has 0 N–H and O–H groups in total. The van der Waals surface area contributed by atoms with Crippen LogP contribution in [0.25, 0.3) is 0 Å². The second-order valence-corrected chi connectivity index (χ2v) is 11.1. The van der Waals surface area contributed by atoms with Crippen molar-refractivity contribution >= 4 is 0 Å². The normalized spacial score (nSPS) is 31.0. The van der Waals surface area contributed by atoms with Crippen LogP contribution in [-0.4, -0.2) is 0 Å². The summed E-state index contributed by atoms with van der Waals surface area (Å²) in [5.41, 5.74) is 7.45. The first-order valence-corrected chi connectivity index (χ1v) is 10.1. The number of allylic oxidation sites excluding steroid dienone is 8. The van der Waals surface area contributed by atoms with Crippen molar-refractivity contribution in [1.82, 2.24) is 0 Å². The molecule has 0 saturated heterocycles. The van der Waals surface area contributed by atoms with Crippen LogP contribution in [0.15, 0.2) is 76.9 Å².